The van der Waals surface area contributed by atoms with Crippen LogP contribution in [0.3, 0.4) is 0 Å². The van der Waals surface area contributed by atoms with Crippen molar-refractivity contribution in [2.75, 3.05) is 18.8 Å². The molecular formula is C16H24N2O. The number of aryl methyl sites for hydroxylation is 1. The van der Waals surface area contributed by atoms with Crippen LogP contribution in [0.25, 0.3) is 0 Å². The Morgan fingerprint density at radius 3 is 2.89 bits per heavy atom. The maximum Gasteiger partial charge on any atom is 0.255 e. The lowest BCUT2D eigenvalue weighted by Gasteiger charge is -2.21. The summed E-state index contributed by atoms with van der Waals surface area (Å²) in [6.07, 6.45) is 4.68. The highest BCUT2D eigenvalue weighted by Crippen LogP contribution is 2.23. The van der Waals surface area contributed by atoms with Gasteiger partial charge in [0.25, 0.3) is 5.91 Å². The molecule has 1 unspecified atom stereocenters. The van der Waals surface area contributed by atoms with E-state index in [1.807, 2.05) is 30.0 Å². The van der Waals surface area contributed by atoms with Crippen molar-refractivity contribution in [2.45, 2.75) is 39.5 Å². The lowest BCUT2D eigenvalue weighted by atomic mass is 9.98. The predicted octanol–water partition coefficient (Wildman–Crippen LogP) is 3.23. The summed E-state index contributed by atoms with van der Waals surface area (Å²) in [5, 5.41) is 0. The van der Waals surface area contributed by atoms with Crippen molar-refractivity contribution in [1.29, 1.82) is 0 Å². The standard InChI is InChI=1S/C16H24N2O/c1-3-13-5-4-9-18(10-8-13)16(19)14-11-12(2)6-7-15(14)17/h6-7,11,13H,3-5,8-10,17H2,1-2H3. The summed E-state index contributed by atoms with van der Waals surface area (Å²) in [6, 6.07) is 5.68. The molecule has 0 saturated carbocycles. The van der Waals surface area contributed by atoms with Gasteiger partial charge in [-0.3, -0.25) is 4.79 Å². The molecule has 0 bridgehead atoms. The molecule has 0 aliphatic carbocycles. The van der Waals surface area contributed by atoms with Gasteiger partial charge in [0.05, 0.1) is 5.56 Å². The molecule has 0 aromatic heterocycles. The van der Waals surface area contributed by atoms with Crippen LogP contribution in [-0.4, -0.2) is 23.9 Å². The lowest BCUT2D eigenvalue weighted by molar-refractivity contribution is 0.0761. The number of rotatable bonds is 2. The zero-order chi connectivity index (χ0) is 13.8. The molecule has 1 heterocycles. The SMILES string of the molecule is CCC1CCCN(C(=O)c2cc(C)ccc2N)CC1. The third kappa shape index (κ3) is 3.28. The molecule has 1 aliphatic heterocycles. The molecule has 1 aromatic rings. The number of carbonyl (C=O) groups excluding carboxylic acids is 1. The van der Waals surface area contributed by atoms with Crippen molar-refractivity contribution in [2.24, 2.45) is 5.92 Å². The summed E-state index contributed by atoms with van der Waals surface area (Å²) in [5.74, 6) is 0.866. The molecular weight excluding hydrogens is 236 g/mol. The normalized spacial score (nSPS) is 20.1. The van der Waals surface area contributed by atoms with Crippen LogP contribution in [0.15, 0.2) is 18.2 Å². The van der Waals surface area contributed by atoms with Gasteiger partial charge in [-0.2, -0.15) is 0 Å². The third-order valence-electron chi connectivity index (χ3n) is 4.15. The van der Waals surface area contributed by atoms with Gasteiger partial charge >= 0.3 is 0 Å². The van der Waals surface area contributed by atoms with Crippen LogP contribution in [-0.2, 0) is 0 Å². The van der Waals surface area contributed by atoms with Gasteiger partial charge in [0.1, 0.15) is 0 Å². The number of hydrogen-bond donors (Lipinski definition) is 1. The van der Waals surface area contributed by atoms with Crippen LogP contribution in [0.4, 0.5) is 5.69 Å². The first-order valence-corrected chi connectivity index (χ1v) is 7.27. The van der Waals surface area contributed by atoms with Gasteiger partial charge in [0, 0.05) is 18.8 Å². The summed E-state index contributed by atoms with van der Waals surface area (Å²) in [6.45, 7) is 5.96. The maximum absolute atomic E-state index is 12.6. The Morgan fingerprint density at radius 1 is 1.37 bits per heavy atom. The number of nitrogens with two attached hydrogens (primary N) is 1. The van der Waals surface area contributed by atoms with Crippen LogP contribution < -0.4 is 5.73 Å². The molecule has 1 fully saturated rings. The van der Waals surface area contributed by atoms with Crippen LogP contribution in [0.2, 0.25) is 0 Å². The largest absolute Gasteiger partial charge is 0.398 e. The van der Waals surface area contributed by atoms with Crippen molar-refractivity contribution in [3.63, 3.8) is 0 Å². The lowest BCUT2D eigenvalue weighted by Crippen LogP contribution is -2.32. The number of likely N-dealkylation sites (tertiary alicyclic amines) is 1. The van der Waals surface area contributed by atoms with E-state index < -0.39 is 0 Å². The van der Waals surface area contributed by atoms with Gasteiger partial charge in [-0.1, -0.05) is 25.0 Å². The van der Waals surface area contributed by atoms with E-state index in [9.17, 15) is 4.79 Å². The minimum atomic E-state index is 0.0953. The fourth-order valence-corrected chi connectivity index (χ4v) is 2.80. The first-order chi connectivity index (χ1) is 9.11. The second kappa shape index (κ2) is 6.09. The summed E-state index contributed by atoms with van der Waals surface area (Å²) in [7, 11) is 0. The van der Waals surface area contributed by atoms with Gasteiger partial charge in [0.2, 0.25) is 0 Å². The van der Waals surface area contributed by atoms with Gasteiger partial charge in [-0.15, -0.1) is 0 Å². The van der Waals surface area contributed by atoms with Crippen LogP contribution in [0, 0.1) is 12.8 Å². The smallest absolute Gasteiger partial charge is 0.255 e. The Bertz CT molecular complexity index is 456. The molecule has 2 rings (SSSR count). The Morgan fingerprint density at radius 2 is 2.16 bits per heavy atom. The zero-order valence-corrected chi connectivity index (χ0v) is 12.0. The van der Waals surface area contributed by atoms with E-state index in [1.165, 1.54) is 12.8 Å². The van der Waals surface area contributed by atoms with E-state index in [-0.39, 0.29) is 5.91 Å². The average Bonchev–Trinajstić information content (AvgIpc) is 2.66. The van der Waals surface area contributed by atoms with Crippen molar-refractivity contribution >= 4 is 11.6 Å². The molecule has 3 nitrogen and oxygen atoms in total. The number of carbonyl (C=O) groups is 1. The van der Waals surface area contributed by atoms with E-state index >= 15 is 0 Å². The van der Waals surface area contributed by atoms with Gasteiger partial charge in [0.15, 0.2) is 0 Å². The topological polar surface area (TPSA) is 46.3 Å². The Balaban J connectivity index is 2.13. The number of anilines is 1. The molecule has 104 valence electrons. The van der Waals surface area contributed by atoms with E-state index in [0.717, 1.165) is 37.4 Å². The molecule has 1 aliphatic rings. The quantitative estimate of drug-likeness (QED) is 0.830. The number of benzene rings is 1. The minimum absolute atomic E-state index is 0.0953. The van der Waals surface area contributed by atoms with Crippen LogP contribution in [0.5, 0.6) is 0 Å². The summed E-state index contributed by atoms with van der Waals surface area (Å²) >= 11 is 0. The number of nitrogens with zero attached hydrogens (tertiary/aromatic N) is 1. The van der Waals surface area contributed by atoms with Crippen LogP contribution >= 0.6 is 0 Å². The highest BCUT2D eigenvalue weighted by Gasteiger charge is 2.22. The van der Waals surface area contributed by atoms with Crippen molar-refractivity contribution in [3.05, 3.63) is 29.3 Å². The second-order valence-electron chi connectivity index (χ2n) is 5.59. The van der Waals surface area contributed by atoms with E-state index in [0.29, 0.717) is 11.3 Å². The first-order valence-electron chi connectivity index (χ1n) is 7.27. The Hall–Kier alpha value is -1.51. The summed E-state index contributed by atoms with van der Waals surface area (Å²) < 4.78 is 0. The summed E-state index contributed by atoms with van der Waals surface area (Å²) in [5.41, 5.74) is 8.28. The molecule has 1 amide bonds. The molecule has 3 heteroatoms. The number of hydrogen-bond acceptors (Lipinski definition) is 2. The highest BCUT2D eigenvalue weighted by atomic mass is 16.2. The second-order valence-corrected chi connectivity index (χ2v) is 5.59. The monoisotopic (exact) mass is 260 g/mol. The molecule has 1 saturated heterocycles. The average molecular weight is 260 g/mol. The first kappa shape index (κ1) is 13.9. The summed E-state index contributed by atoms with van der Waals surface area (Å²) in [4.78, 5) is 14.5. The fraction of sp³-hybridized carbons (Fsp3) is 0.562. The fourth-order valence-electron chi connectivity index (χ4n) is 2.80. The number of nitrogen functional groups attached to an aromatic ring is 1. The predicted molar refractivity (Wildman–Crippen MR) is 79.1 cm³/mol. The molecule has 1 atom stereocenters. The molecule has 0 spiro atoms. The minimum Gasteiger partial charge on any atom is -0.398 e. The van der Waals surface area contributed by atoms with Gasteiger partial charge in [-0.05, 0) is 44.2 Å². The molecule has 19 heavy (non-hydrogen) atoms. The van der Waals surface area contributed by atoms with Crippen molar-refractivity contribution in [3.8, 4) is 0 Å². The van der Waals surface area contributed by atoms with Crippen molar-refractivity contribution in [1.82, 2.24) is 4.90 Å². The Kier molecular flexibility index (Phi) is 4.46. The third-order valence-corrected chi connectivity index (χ3v) is 4.15. The highest BCUT2D eigenvalue weighted by molar-refractivity contribution is 5.99. The van der Waals surface area contributed by atoms with Crippen LogP contribution in [0.1, 0.15) is 48.5 Å². The van der Waals surface area contributed by atoms with E-state index in [4.69, 9.17) is 5.73 Å². The Labute approximate surface area is 115 Å². The number of amides is 1. The maximum atomic E-state index is 12.6. The van der Waals surface area contributed by atoms with E-state index in [2.05, 4.69) is 6.92 Å². The van der Waals surface area contributed by atoms with E-state index in [1.54, 1.807) is 0 Å². The molecule has 0 radical (unpaired) electrons. The van der Waals surface area contributed by atoms with Gasteiger partial charge < -0.3 is 10.6 Å². The zero-order valence-electron chi connectivity index (χ0n) is 12.0. The van der Waals surface area contributed by atoms with Crippen molar-refractivity contribution < 1.29 is 4.79 Å². The van der Waals surface area contributed by atoms with Gasteiger partial charge in [-0.25, -0.2) is 0 Å². The molecule has 1 aromatic carbocycles. The molecule has 2 N–H and O–H groups in total.